The molecule has 18 heavy (non-hydrogen) atoms. The zero-order chi connectivity index (χ0) is 14.1. The van der Waals surface area contributed by atoms with Gasteiger partial charge < -0.3 is 5.73 Å². The molecule has 0 aliphatic heterocycles. The van der Waals surface area contributed by atoms with Crippen molar-refractivity contribution in [3.05, 3.63) is 6.20 Å². The fraction of sp³-hybridized carbons (Fsp3) is 0.625. The Bertz CT molecular complexity index is 632. The third-order valence-electron chi connectivity index (χ3n) is 2.02. The molecule has 0 spiro atoms. The van der Waals surface area contributed by atoms with E-state index in [1.54, 1.807) is 0 Å². The van der Waals surface area contributed by atoms with Crippen LogP contribution in [-0.4, -0.2) is 44.7 Å². The second kappa shape index (κ2) is 4.86. The average Bonchev–Trinajstić information content (AvgIpc) is 2.40. The molecule has 0 amide bonds. The van der Waals surface area contributed by atoms with Crippen LogP contribution in [0.5, 0.6) is 0 Å². The zero-order valence-corrected chi connectivity index (χ0v) is 11.9. The molecule has 10 heteroatoms. The summed E-state index contributed by atoms with van der Waals surface area (Å²) >= 11 is 0. The van der Waals surface area contributed by atoms with Crippen LogP contribution in [0.15, 0.2) is 11.1 Å². The standard InChI is InChI=1S/C8H16N4O4S2/c1-6(5-17(3,13)14)11-18(15,16)7-4-12(2)10-8(7)9/h4,6,11H,5H2,1-3H3,(H2,9,10). The highest BCUT2D eigenvalue weighted by atomic mass is 32.2. The summed E-state index contributed by atoms with van der Waals surface area (Å²) in [6, 6.07) is -0.746. The first-order valence-electron chi connectivity index (χ1n) is 5.00. The quantitative estimate of drug-likeness (QED) is 0.697. The molecule has 0 saturated heterocycles. The first kappa shape index (κ1) is 14.9. The van der Waals surface area contributed by atoms with Gasteiger partial charge in [-0.1, -0.05) is 0 Å². The molecule has 0 fully saturated rings. The van der Waals surface area contributed by atoms with E-state index in [0.29, 0.717) is 0 Å². The maximum Gasteiger partial charge on any atom is 0.246 e. The van der Waals surface area contributed by atoms with E-state index < -0.39 is 25.9 Å². The summed E-state index contributed by atoms with van der Waals surface area (Å²) in [6.07, 6.45) is 2.29. The van der Waals surface area contributed by atoms with Crippen molar-refractivity contribution in [3.8, 4) is 0 Å². The Morgan fingerprint density at radius 3 is 2.39 bits per heavy atom. The highest BCUT2D eigenvalue weighted by molar-refractivity contribution is 7.91. The number of nitrogens with two attached hydrogens (primary N) is 1. The van der Waals surface area contributed by atoms with Crippen molar-refractivity contribution in [2.24, 2.45) is 7.05 Å². The van der Waals surface area contributed by atoms with Gasteiger partial charge in [-0.3, -0.25) is 4.68 Å². The molecule has 1 aromatic heterocycles. The average molecular weight is 296 g/mol. The predicted octanol–water partition coefficient (Wildman–Crippen LogP) is -1.29. The lowest BCUT2D eigenvalue weighted by atomic mass is 10.4. The van der Waals surface area contributed by atoms with Crippen LogP contribution in [0.3, 0.4) is 0 Å². The Balaban J connectivity index is 2.93. The molecular formula is C8H16N4O4S2. The van der Waals surface area contributed by atoms with Crippen molar-refractivity contribution >= 4 is 25.7 Å². The minimum absolute atomic E-state index is 0.128. The number of hydrogen-bond acceptors (Lipinski definition) is 6. The van der Waals surface area contributed by atoms with Crippen LogP contribution in [0.1, 0.15) is 6.92 Å². The van der Waals surface area contributed by atoms with Crippen molar-refractivity contribution in [2.45, 2.75) is 17.9 Å². The summed E-state index contributed by atoms with van der Waals surface area (Å²) in [4.78, 5) is -0.162. The summed E-state index contributed by atoms with van der Waals surface area (Å²) < 4.78 is 49.5. The summed E-state index contributed by atoms with van der Waals surface area (Å²) in [7, 11) is -5.59. The van der Waals surface area contributed by atoms with E-state index >= 15 is 0 Å². The zero-order valence-electron chi connectivity index (χ0n) is 10.3. The summed E-state index contributed by atoms with van der Waals surface area (Å²) in [6.45, 7) is 1.46. The molecule has 1 aromatic rings. The van der Waals surface area contributed by atoms with Crippen LogP contribution in [0.2, 0.25) is 0 Å². The minimum atomic E-state index is -3.86. The number of aryl methyl sites for hydroxylation is 1. The lowest BCUT2D eigenvalue weighted by Crippen LogP contribution is -2.37. The van der Waals surface area contributed by atoms with Gasteiger partial charge in [0.25, 0.3) is 0 Å². The Kier molecular flexibility index (Phi) is 4.03. The van der Waals surface area contributed by atoms with E-state index in [-0.39, 0.29) is 16.5 Å². The number of aromatic nitrogens is 2. The van der Waals surface area contributed by atoms with Crippen molar-refractivity contribution in [1.29, 1.82) is 0 Å². The predicted molar refractivity (Wildman–Crippen MR) is 67.1 cm³/mol. The Morgan fingerprint density at radius 1 is 1.44 bits per heavy atom. The van der Waals surface area contributed by atoms with E-state index in [1.165, 1.54) is 24.9 Å². The topological polar surface area (TPSA) is 124 Å². The summed E-state index contributed by atoms with van der Waals surface area (Å²) in [5.41, 5.74) is 5.46. The fourth-order valence-corrected chi connectivity index (χ4v) is 3.95. The lowest BCUT2D eigenvalue weighted by Gasteiger charge is -2.12. The monoisotopic (exact) mass is 296 g/mol. The Labute approximate surface area is 106 Å². The number of sulfonamides is 1. The molecule has 0 aliphatic rings. The van der Waals surface area contributed by atoms with Gasteiger partial charge in [0, 0.05) is 25.5 Å². The molecule has 0 aliphatic carbocycles. The van der Waals surface area contributed by atoms with Gasteiger partial charge in [0.05, 0.1) is 5.75 Å². The third-order valence-corrected chi connectivity index (χ3v) is 4.73. The molecule has 8 nitrogen and oxygen atoms in total. The maximum atomic E-state index is 11.9. The lowest BCUT2D eigenvalue weighted by molar-refractivity contribution is 0.564. The van der Waals surface area contributed by atoms with E-state index in [1.807, 2.05) is 0 Å². The molecule has 1 heterocycles. The third kappa shape index (κ3) is 3.96. The van der Waals surface area contributed by atoms with Gasteiger partial charge in [0.1, 0.15) is 14.7 Å². The van der Waals surface area contributed by atoms with Gasteiger partial charge in [-0.15, -0.1) is 0 Å². The molecule has 0 saturated carbocycles. The van der Waals surface area contributed by atoms with Gasteiger partial charge in [0.2, 0.25) is 10.0 Å². The molecule has 1 unspecified atom stereocenters. The van der Waals surface area contributed by atoms with Crippen molar-refractivity contribution in [3.63, 3.8) is 0 Å². The smallest absolute Gasteiger partial charge is 0.246 e. The molecule has 1 rings (SSSR count). The molecule has 0 bridgehead atoms. The van der Waals surface area contributed by atoms with E-state index in [9.17, 15) is 16.8 Å². The molecule has 1 atom stereocenters. The van der Waals surface area contributed by atoms with Crippen LogP contribution < -0.4 is 10.5 Å². The Hall–Kier alpha value is -1.13. The number of nitrogens with one attached hydrogen (secondary N) is 1. The van der Waals surface area contributed by atoms with Gasteiger partial charge in [-0.25, -0.2) is 21.6 Å². The van der Waals surface area contributed by atoms with Crippen molar-refractivity contribution in [1.82, 2.24) is 14.5 Å². The highest BCUT2D eigenvalue weighted by Gasteiger charge is 2.24. The summed E-state index contributed by atoms with van der Waals surface area (Å²) in [5, 5.41) is 3.72. The van der Waals surface area contributed by atoms with Gasteiger partial charge >= 0.3 is 0 Å². The van der Waals surface area contributed by atoms with Gasteiger partial charge in [-0.05, 0) is 6.92 Å². The van der Waals surface area contributed by atoms with Crippen LogP contribution in [0.25, 0.3) is 0 Å². The molecule has 3 N–H and O–H groups in total. The van der Waals surface area contributed by atoms with E-state index in [0.717, 1.165) is 6.26 Å². The van der Waals surface area contributed by atoms with E-state index in [4.69, 9.17) is 5.73 Å². The van der Waals surface area contributed by atoms with Crippen LogP contribution in [0, 0.1) is 0 Å². The molecule has 104 valence electrons. The van der Waals surface area contributed by atoms with Crippen molar-refractivity contribution in [2.75, 3.05) is 17.7 Å². The Morgan fingerprint density at radius 2 is 2.00 bits per heavy atom. The van der Waals surface area contributed by atoms with Crippen LogP contribution >= 0.6 is 0 Å². The normalized spacial score (nSPS) is 14.6. The number of sulfone groups is 1. The SMILES string of the molecule is CC(CS(C)(=O)=O)NS(=O)(=O)c1cn(C)nc1N. The largest absolute Gasteiger partial charge is 0.381 e. The minimum Gasteiger partial charge on any atom is -0.381 e. The first-order valence-corrected chi connectivity index (χ1v) is 8.55. The van der Waals surface area contributed by atoms with Gasteiger partial charge in [0.15, 0.2) is 5.82 Å². The molecule has 0 radical (unpaired) electrons. The van der Waals surface area contributed by atoms with Gasteiger partial charge in [-0.2, -0.15) is 5.10 Å². The van der Waals surface area contributed by atoms with Crippen LogP contribution in [0.4, 0.5) is 5.82 Å². The number of anilines is 1. The number of nitrogen functional groups attached to an aromatic ring is 1. The maximum absolute atomic E-state index is 11.9. The number of rotatable bonds is 5. The van der Waals surface area contributed by atoms with Crippen LogP contribution in [-0.2, 0) is 26.9 Å². The first-order chi connectivity index (χ1) is 8.01. The highest BCUT2D eigenvalue weighted by Crippen LogP contribution is 2.15. The molecule has 0 aromatic carbocycles. The number of hydrogen-bond donors (Lipinski definition) is 2. The fourth-order valence-electron chi connectivity index (χ4n) is 1.51. The van der Waals surface area contributed by atoms with E-state index in [2.05, 4.69) is 9.82 Å². The summed E-state index contributed by atoms with van der Waals surface area (Å²) in [5.74, 6) is -0.414. The second-order valence-corrected chi connectivity index (χ2v) is 8.03. The molecular weight excluding hydrogens is 280 g/mol. The van der Waals surface area contributed by atoms with Crippen molar-refractivity contribution < 1.29 is 16.8 Å². The second-order valence-electron chi connectivity index (χ2n) is 4.17. The number of nitrogens with zero attached hydrogens (tertiary/aromatic N) is 2.